The van der Waals surface area contributed by atoms with Crippen LogP contribution in [0.25, 0.3) is 0 Å². The molecule has 5 heteroatoms. The van der Waals surface area contributed by atoms with Crippen LogP contribution in [0.15, 0.2) is 24.3 Å². The highest BCUT2D eigenvalue weighted by molar-refractivity contribution is 5.94. The molecule has 0 spiro atoms. The van der Waals surface area contributed by atoms with Crippen LogP contribution in [0.4, 0.5) is 4.79 Å². The third-order valence-corrected chi connectivity index (χ3v) is 3.66. The van der Waals surface area contributed by atoms with Crippen molar-refractivity contribution in [2.24, 2.45) is 5.41 Å². The summed E-state index contributed by atoms with van der Waals surface area (Å²) < 4.78 is 10.1. The molecule has 21 heavy (non-hydrogen) atoms. The van der Waals surface area contributed by atoms with E-state index in [-0.39, 0.29) is 30.4 Å². The van der Waals surface area contributed by atoms with Gasteiger partial charge < -0.3 is 9.47 Å². The molecule has 0 saturated carbocycles. The number of benzene rings is 1. The topological polar surface area (TPSA) is 55.8 Å². The maximum absolute atomic E-state index is 12.4. The van der Waals surface area contributed by atoms with Crippen LogP contribution < -0.4 is 4.74 Å². The number of rotatable bonds is 3. The van der Waals surface area contributed by atoms with Gasteiger partial charge in [-0.1, -0.05) is 32.9 Å². The third kappa shape index (κ3) is 3.35. The average Bonchev–Trinajstić information content (AvgIpc) is 2.81. The molecule has 1 aliphatic heterocycles. The molecular formula is C16H21NO4. The van der Waals surface area contributed by atoms with Crippen molar-refractivity contribution in [2.45, 2.75) is 33.2 Å². The van der Waals surface area contributed by atoms with Gasteiger partial charge in [-0.2, -0.15) is 0 Å². The van der Waals surface area contributed by atoms with Gasteiger partial charge in [0, 0.05) is 0 Å². The fourth-order valence-corrected chi connectivity index (χ4v) is 2.34. The molecule has 1 saturated heterocycles. The Hall–Kier alpha value is -2.04. The summed E-state index contributed by atoms with van der Waals surface area (Å²) in [6.07, 6.45) is -0.375. The Kier molecular flexibility index (Phi) is 4.21. The molecule has 1 fully saturated rings. The molecule has 1 aliphatic rings. The summed E-state index contributed by atoms with van der Waals surface area (Å²) in [7, 11) is 1.59. The van der Waals surface area contributed by atoms with Crippen molar-refractivity contribution in [3.8, 4) is 5.75 Å². The molecule has 5 nitrogen and oxygen atoms in total. The summed E-state index contributed by atoms with van der Waals surface area (Å²) in [5, 5.41) is 0. The maximum Gasteiger partial charge on any atom is 0.417 e. The van der Waals surface area contributed by atoms with Crippen LogP contribution in [0.2, 0.25) is 0 Å². The number of carbonyl (C=O) groups is 2. The molecule has 0 radical (unpaired) electrons. The van der Waals surface area contributed by atoms with E-state index in [2.05, 4.69) is 0 Å². The first kappa shape index (κ1) is 15.4. The van der Waals surface area contributed by atoms with Gasteiger partial charge in [0.2, 0.25) is 5.91 Å². The molecule has 1 aromatic carbocycles. The number of hydrogen-bond donors (Lipinski definition) is 0. The Morgan fingerprint density at radius 2 is 1.95 bits per heavy atom. The number of cyclic esters (lactones) is 1. The van der Waals surface area contributed by atoms with Gasteiger partial charge >= 0.3 is 6.09 Å². The van der Waals surface area contributed by atoms with Crippen molar-refractivity contribution < 1.29 is 19.1 Å². The summed E-state index contributed by atoms with van der Waals surface area (Å²) in [5.74, 6) is 0.502. The predicted octanol–water partition coefficient (Wildman–Crippen LogP) is 2.63. The van der Waals surface area contributed by atoms with Crippen molar-refractivity contribution in [1.29, 1.82) is 0 Å². The van der Waals surface area contributed by atoms with E-state index in [9.17, 15) is 9.59 Å². The highest BCUT2D eigenvalue weighted by atomic mass is 16.6. The van der Waals surface area contributed by atoms with Crippen molar-refractivity contribution in [3.63, 3.8) is 0 Å². The molecule has 2 amide bonds. The third-order valence-electron chi connectivity index (χ3n) is 3.66. The van der Waals surface area contributed by atoms with Crippen LogP contribution in [0.3, 0.4) is 0 Å². The monoisotopic (exact) mass is 291 g/mol. The molecule has 1 atom stereocenters. The molecular weight excluding hydrogens is 270 g/mol. The molecule has 1 aromatic rings. The number of nitrogens with zero attached hydrogens (tertiary/aromatic N) is 1. The summed E-state index contributed by atoms with van der Waals surface area (Å²) in [5.41, 5.74) is 0.634. The normalized spacial score (nSPS) is 18.6. The Morgan fingerprint density at radius 1 is 1.33 bits per heavy atom. The first-order valence-corrected chi connectivity index (χ1v) is 6.94. The fourth-order valence-electron chi connectivity index (χ4n) is 2.34. The van der Waals surface area contributed by atoms with E-state index in [1.165, 1.54) is 4.90 Å². The van der Waals surface area contributed by atoms with Gasteiger partial charge in [0.25, 0.3) is 0 Å². The minimum Gasteiger partial charge on any atom is -0.497 e. The highest BCUT2D eigenvalue weighted by Gasteiger charge is 2.43. The molecule has 1 heterocycles. The van der Waals surface area contributed by atoms with E-state index in [1.54, 1.807) is 19.2 Å². The van der Waals surface area contributed by atoms with E-state index in [0.29, 0.717) is 0 Å². The van der Waals surface area contributed by atoms with Crippen LogP contribution in [-0.4, -0.2) is 36.7 Å². The lowest BCUT2D eigenvalue weighted by Crippen LogP contribution is -2.46. The average molecular weight is 291 g/mol. The molecule has 0 aliphatic carbocycles. The van der Waals surface area contributed by atoms with Crippen LogP contribution >= 0.6 is 0 Å². The molecule has 2 rings (SSSR count). The van der Waals surface area contributed by atoms with E-state index in [1.807, 2.05) is 32.9 Å². The van der Waals surface area contributed by atoms with Crippen molar-refractivity contribution in [3.05, 3.63) is 29.8 Å². The van der Waals surface area contributed by atoms with Gasteiger partial charge in [0.05, 0.1) is 19.6 Å². The lowest BCUT2D eigenvalue weighted by atomic mass is 9.86. The number of hydrogen-bond acceptors (Lipinski definition) is 4. The van der Waals surface area contributed by atoms with Crippen molar-refractivity contribution in [2.75, 3.05) is 13.7 Å². The number of amides is 2. The summed E-state index contributed by atoms with van der Waals surface area (Å²) in [4.78, 5) is 25.5. The second kappa shape index (κ2) is 5.76. The minimum atomic E-state index is -0.548. The van der Waals surface area contributed by atoms with Gasteiger partial charge in [0.1, 0.15) is 12.4 Å². The van der Waals surface area contributed by atoms with Gasteiger partial charge in [-0.3, -0.25) is 4.79 Å². The predicted molar refractivity (Wildman–Crippen MR) is 78.1 cm³/mol. The zero-order valence-corrected chi connectivity index (χ0v) is 12.9. The van der Waals surface area contributed by atoms with E-state index in [4.69, 9.17) is 9.47 Å². The van der Waals surface area contributed by atoms with E-state index >= 15 is 0 Å². The molecule has 0 bridgehead atoms. The van der Waals surface area contributed by atoms with Crippen LogP contribution in [0, 0.1) is 5.41 Å². The lowest BCUT2D eigenvalue weighted by Gasteiger charge is -2.30. The number of methoxy groups -OCH3 is 1. The summed E-state index contributed by atoms with van der Waals surface area (Å²) in [6.45, 7) is 6.24. The Morgan fingerprint density at radius 3 is 2.48 bits per heavy atom. The van der Waals surface area contributed by atoms with E-state index in [0.717, 1.165) is 11.3 Å². The first-order valence-electron chi connectivity index (χ1n) is 6.94. The summed E-state index contributed by atoms with van der Waals surface area (Å²) in [6, 6.07) is 7.02. The van der Waals surface area contributed by atoms with Gasteiger partial charge in [0.15, 0.2) is 0 Å². The van der Waals surface area contributed by atoms with Crippen molar-refractivity contribution >= 4 is 12.0 Å². The summed E-state index contributed by atoms with van der Waals surface area (Å²) >= 11 is 0. The second-order valence-electron chi connectivity index (χ2n) is 6.25. The highest BCUT2D eigenvalue weighted by Crippen LogP contribution is 2.30. The van der Waals surface area contributed by atoms with Crippen molar-refractivity contribution in [1.82, 2.24) is 4.90 Å². The second-order valence-corrected chi connectivity index (χ2v) is 6.25. The molecule has 0 aromatic heterocycles. The molecule has 0 N–H and O–H groups in total. The Balaban J connectivity index is 2.12. The maximum atomic E-state index is 12.4. The fraction of sp³-hybridized carbons (Fsp3) is 0.500. The van der Waals surface area contributed by atoms with E-state index < -0.39 is 6.09 Å². The lowest BCUT2D eigenvalue weighted by molar-refractivity contribution is -0.129. The molecule has 0 unspecified atom stereocenters. The SMILES string of the molecule is COc1ccc(CC(=O)N2C(=O)OC[C@H]2C(C)(C)C)cc1. The largest absolute Gasteiger partial charge is 0.497 e. The zero-order valence-electron chi connectivity index (χ0n) is 12.9. The first-order chi connectivity index (χ1) is 9.82. The standard InChI is InChI=1S/C16H21NO4/c1-16(2,3)13-10-21-15(19)17(13)14(18)9-11-5-7-12(20-4)8-6-11/h5-8,13H,9-10H2,1-4H3/t13-/m0/s1. The Labute approximate surface area is 124 Å². The Bertz CT molecular complexity index is 530. The number of ether oxygens (including phenoxy) is 2. The van der Waals surface area contributed by atoms with Crippen LogP contribution in [-0.2, 0) is 16.0 Å². The van der Waals surface area contributed by atoms with Crippen LogP contribution in [0.5, 0.6) is 5.75 Å². The van der Waals surface area contributed by atoms with Gasteiger partial charge in [-0.15, -0.1) is 0 Å². The van der Waals surface area contributed by atoms with Gasteiger partial charge in [-0.25, -0.2) is 9.69 Å². The van der Waals surface area contributed by atoms with Crippen LogP contribution in [0.1, 0.15) is 26.3 Å². The number of carbonyl (C=O) groups excluding carboxylic acids is 2. The smallest absolute Gasteiger partial charge is 0.417 e. The van der Waals surface area contributed by atoms with Gasteiger partial charge in [-0.05, 0) is 23.1 Å². The molecule has 114 valence electrons. The number of imide groups is 1. The quantitative estimate of drug-likeness (QED) is 0.859. The minimum absolute atomic E-state index is 0.172. The zero-order chi connectivity index (χ0) is 15.6.